The molecule has 26 heavy (non-hydrogen) atoms. The number of halogens is 2. The smallest absolute Gasteiger partial charge is 1.00 e. The second-order valence-corrected chi connectivity index (χ2v) is 7.75. The molecule has 2 aliphatic rings. The second-order valence-electron chi connectivity index (χ2n) is 6.59. The number of rotatable bonds is 6. The van der Waals surface area contributed by atoms with Crippen LogP contribution in [0, 0.1) is 12.2 Å². The summed E-state index contributed by atoms with van der Waals surface area (Å²) >= 11 is 0. The molecule has 4 heteroatoms. The molecule has 0 saturated carbocycles. The summed E-state index contributed by atoms with van der Waals surface area (Å²) in [7, 11) is 0.750. The SMILES string of the molecule is CCCCC1=C[C-]=C(C)C1.CCCCC1=C[C-]=C(C)C1.C[SiH]C.[F-].[F-].[Zr+4]. The van der Waals surface area contributed by atoms with Gasteiger partial charge in [-0.3, -0.25) is 12.2 Å². The van der Waals surface area contributed by atoms with E-state index in [1.165, 1.54) is 62.5 Å². The Morgan fingerprint density at radius 2 is 1.12 bits per heavy atom. The van der Waals surface area contributed by atoms with Gasteiger partial charge < -0.3 is 9.41 Å². The fraction of sp³-hybridized carbons (Fsp3) is 0.636. The van der Waals surface area contributed by atoms with Gasteiger partial charge in [-0.25, -0.2) is 23.3 Å². The van der Waals surface area contributed by atoms with Crippen LogP contribution < -0.4 is 9.41 Å². The van der Waals surface area contributed by atoms with E-state index in [-0.39, 0.29) is 35.6 Å². The number of allylic oxidation sites excluding steroid dienone is 8. The Morgan fingerprint density at radius 1 is 0.808 bits per heavy atom. The summed E-state index contributed by atoms with van der Waals surface area (Å²) in [6.45, 7) is 13.2. The van der Waals surface area contributed by atoms with Gasteiger partial charge in [0.25, 0.3) is 0 Å². The molecule has 0 aromatic rings. The van der Waals surface area contributed by atoms with Gasteiger partial charge in [0.2, 0.25) is 0 Å². The molecule has 147 valence electrons. The summed E-state index contributed by atoms with van der Waals surface area (Å²) in [5.41, 5.74) is 5.93. The van der Waals surface area contributed by atoms with Gasteiger partial charge in [0.1, 0.15) is 0 Å². The number of hydrogen-bond acceptors (Lipinski definition) is 0. The van der Waals surface area contributed by atoms with Crippen molar-refractivity contribution in [2.45, 2.75) is 92.2 Å². The number of unbranched alkanes of at least 4 members (excludes halogenated alkanes) is 2. The van der Waals surface area contributed by atoms with Crippen molar-refractivity contribution in [3.8, 4) is 0 Å². The van der Waals surface area contributed by atoms with Crippen molar-refractivity contribution in [2.24, 2.45) is 0 Å². The maximum atomic E-state index is 3.23. The molecule has 0 aliphatic heterocycles. The molecular weight excluding hydrogens is 422 g/mol. The standard InChI is InChI=1S/2C10H15.C2H7Si.2FH.Zr/c2*1-3-4-5-10-7-6-9(2)8-10;1-3-2;;;/h2*7H,3-5,8H2,1-2H3;3H,1-2H3;2*1H;/q2*-1;;;;+4/p-2. The van der Waals surface area contributed by atoms with Gasteiger partial charge in [-0.15, -0.1) is 0 Å². The summed E-state index contributed by atoms with van der Waals surface area (Å²) in [6, 6.07) is 0. The van der Waals surface area contributed by atoms with Gasteiger partial charge in [-0.1, -0.05) is 92.2 Å². The van der Waals surface area contributed by atoms with Crippen LogP contribution in [0.3, 0.4) is 0 Å². The Hall–Kier alpha value is -0.0800. The summed E-state index contributed by atoms with van der Waals surface area (Å²) < 4.78 is 0. The Bertz CT molecular complexity index is 397. The van der Waals surface area contributed by atoms with Crippen LogP contribution in [-0.2, 0) is 26.2 Å². The molecule has 0 heterocycles. The molecule has 0 N–H and O–H groups in total. The predicted molar refractivity (Wildman–Crippen MR) is 108 cm³/mol. The van der Waals surface area contributed by atoms with E-state index in [1.54, 1.807) is 11.1 Å². The maximum absolute atomic E-state index is 3.23. The zero-order valence-electron chi connectivity index (χ0n) is 17.6. The van der Waals surface area contributed by atoms with Crippen LogP contribution in [0.1, 0.15) is 79.1 Å². The van der Waals surface area contributed by atoms with Crippen molar-refractivity contribution in [3.05, 3.63) is 46.6 Å². The van der Waals surface area contributed by atoms with Crippen LogP contribution in [0.4, 0.5) is 0 Å². The third kappa shape index (κ3) is 18.7. The Labute approximate surface area is 183 Å². The van der Waals surface area contributed by atoms with E-state index >= 15 is 0 Å². The molecule has 0 amide bonds. The zero-order valence-corrected chi connectivity index (χ0v) is 21.3. The van der Waals surface area contributed by atoms with Crippen LogP contribution >= 0.6 is 0 Å². The molecular formula is C22H37F2SiZr. The third-order valence-corrected chi connectivity index (χ3v) is 3.73. The minimum absolute atomic E-state index is 0. The first-order valence-corrected chi connectivity index (χ1v) is 11.7. The van der Waals surface area contributed by atoms with E-state index in [0.29, 0.717) is 0 Å². The van der Waals surface area contributed by atoms with Gasteiger partial charge in [0.15, 0.2) is 0 Å². The molecule has 0 atom stereocenters. The largest absolute Gasteiger partial charge is 4.00 e. The minimum atomic E-state index is 0. The molecule has 0 saturated heterocycles. The molecule has 0 aromatic heterocycles. The van der Waals surface area contributed by atoms with Crippen molar-refractivity contribution in [3.63, 3.8) is 0 Å². The van der Waals surface area contributed by atoms with Gasteiger partial charge in [0, 0.05) is 9.52 Å². The molecule has 0 fully saturated rings. The zero-order chi connectivity index (χ0) is 17.5. The van der Waals surface area contributed by atoms with Crippen LogP contribution in [-0.4, -0.2) is 9.52 Å². The Kier molecular flexibility index (Phi) is 29.6. The molecule has 0 aromatic carbocycles. The second kappa shape index (κ2) is 23.0. The Morgan fingerprint density at radius 3 is 1.31 bits per heavy atom. The van der Waals surface area contributed by atoms with Gasteiger partial charge in [-0.2, -0.15) is 11.1 Å². The molecule has 0 spiro atoms. The van der Waals surface area contributed by atoms with Crippen LogP contribution in [0.25, 0.3) is 0 Å². The van der Waals surface area contributed by atoms with E-state index in [2.05, 4.69) is 65.1 Å². The van der Waals surface area contributed by atoms with Gasteiger partial charge in [0.05, 0.1) is 0 Å². The van der Waals surface area contributed by atoms with E-state index in [9.17, 15) is 0 Å². The molecule has 2 aliphatic carbocycles. The first-order valence-electron chi connectivity index (χ1n) is 9.34. The van der Waals surface area contributed by atoms with Crippen LogP contribution in [0.5, 0.6) is 0 Å². The average molecular weight is 459 g/mol. The first-order chi connectivity index (χ1) is 11.1. The third-order valence-electron chi connectivity index (χ3n) is 3.73. The summed E-state index contributed by atoms with van der Waals surface area (Å²) in [5.74, 6) is 0. The topological polar surface area (TPSA) is 0 Å². The fourth-order valence-electron chi connectivity index (χ4n) is 2.46. The summed E-state index contributed by atoms with van der Waals surface area (Å²) in [5, 5.41) is 0. The van der Waals surface area contributed by atoms with Gasteiger partial charge >= 0.3 is 26.2 Å². The van der Waals surface area contributed by atoms with E-state index in [4.69, 9.17) is 0 Å². The fourth-order valence-corrected chi connectivity index (χ4v) is 2.46. The van der Waals surface area contributed by atoms with Crippen molar-refractivity contribution >= 4 is 9.52 Å². The molecule has 1 radical (unpaired) electrons. The van der Waals surface area contributed by atoms with E-state index in [1.807, 2.05) is 0 Å². The van der Waals surface area contributed by atoms with Gasteiger partial charge in [-0.05, 0) is 0 Å². The normalized spacial score (nSPS) is 13.8. The van der Waals surface area contributed by atoms with Crippen LogP contribution in [0.15, 0.2) is 34.4 Å². The summed E-state index contributed by atoms with van der Waals surface area (Å²) in [6.07, 6.45) is 21.0. The molecule has 0 unspecified atom stereocenters. The van der Waals surface area contributed by atoms with Crippen molar-refractivity contribution in [2.75, 3.05) is 0 Å². The first kappa shape index (κ1) is 33.5. The molecule has 2 rings (SSSR count). The Balaban J connectivity index is -0.000000147. The van der Waals surface area contributed by atoms with Crippen molar-refractivity contribution in [1.29, 1.82) is 0 Å². The number of hydrogen-bond donors (Lipinski definition) is 0. The van der Waals surface area contributed by atoms with E-state index < -0.39 is 0 Å². The monoisotopic (exact) mass is 457 g/mol. The molecule has 0 nitrogen and oxygen atoms in total. The quantitative estimate of drug-likeness (QED) is 0.412. The predicted octanol–water partition coefficient (Wildman–Crippen LogP) is 1.04. The van der Waals surface area contributed by atoms with Crippen molar-refractivity contribution in [1.82, 2.24) is 0 Å². The average Bonchev–Trinajstić information content (AvgIpc) is 3.13. The maximum Gasteiger partial charge on any atom is 4.00 e. The van der Waals surface area contributed by atoms with Crippen molar-refractivity contribution < 1.29 is 35.6 Å². The summed E-state index contributed by atoms with van der Waals surface area (Å²) in [4.78, 5) is 0. The van der Waals surface area contributed by atoms with Crippen LogP contribution in [0.2, 0.25) is 13.1 Å². The minimum Gasteiger partial charge on any atom is -1.00 e. The molecule has 0 bridgehead atoms. The van der Waals surface area contributed by atoms with E-state index in [0.717, 1.165) is 9.52 Å².